The summed E-state index contributed by atoms with van der Waals surface area (Å²) in [5, 5.41) is 11.2. The standard InChI is InChI=1S/C35H28Cl2F6O/c36-30-10-8-24(18-31(30)37)33(11-12-44)19-23-3-1-2-4-27(23)28-9-7-22-6-5-20(16-29(22)32(28)33)13-21-14-25(34(38,39)40)17-26(15-21)35(41,42)43/h1-4,7-10,14-15,17-18,20,44H,5-6,11-13,16,19H2. The lowest BCUT2D eigenvalue weighted by molar-refractivity contribution is -0.143. The first-order chi connectivity index (χ1) is 20.8. The zero-order chi connectivity index (χ0) is 31.4. The topological polar surface area (TPSA) is 20.2 Å². The van der Waals surface area contributed by atoms with E-state index in [0.717, 1.165) is 51.1 Å². The van der Waals surface area contributed by atoms with Crippen LogP contribution >= 0.6 is 23.2 Å². The summed E-state index contributed by atoms with van der Waals surface area (Å²) in [7, 11) is 0. The van der Waals surface area contributed by atoms with E-state index in [4.69, 9.17) is 23.2 Å². The van der Waals surface area contributed by atoms with Crippen molar-refractivity contribution < 1.29 is 31.4 Å². The lowest BCUT2D eigenvalue weighted by Crippen LogP contribution is -2.37. The Morgan fingerprint density at radius 2 is 1.48 bits per heavy atom. The van der Waals surface area contributed by atoms with Crippen molar-refractivity contribution in [1.29, 1.82) is 0 Å². The second-order valence-corrected chi connectivity index (χ2v) is 12.7. The van der Waals surface area contributed by atoms with Crippen molar-refractivity contribution in [2.24, 2.45) is 5.92 Å². The third kappa shape index (κ3) is 5.63. The number of aliphatic hydroxyl groups excluding tert-OH is 1. The summed E-state index contributed by atoms with van der Waals surface area (Å²) < 4.78 is 81.5. The first kappa shape index (κ1) is 31.0. The molecule has 0 saturated carbocycles. The van der Waals surface area contributed by atoms with Crippen LogP contribution in [0.15, 0.2) is 72.8 Å². The average Bonchev–Trinajstić information content (AvgIpc) is 2.97. The number of hydrogen-bond acceptors (Lipinski definition) is 1. The Balaban J connectivity index is 1.49. The van der Waals surface area contributed by atoms with E-state index < -0.39 is 28.9 Å². The minimum atomic E-state index is -4.90. The molecule has 2 aliphatic carbocycles. The van der Waals surface area contributed by atoms with Crippen LogP contribution in [-0.2, 0) is 43.5 Å². The van der Waals surface area contributed by atoms with E-state index in [9.17, 15) is 31.4 Å². The maximum Gasteiger partial charge on any atom is 0.416 e. The molecule has 2 aliphatic rings. The highest BCUT2D eigenvalue weighted by Crippen LogP contribution is 2.53. The molecule has 0 aliphatic heterocycles. The Hall–Kier alpha value is -3.00. The first-order valence-corrected chi connectivity index (χ1v) is 15.1. The molecule has 0 saturated heterocycles. The number of aliphatic hydroxyl groups is 1. The van der Waals surface area contributed by atoms with E-state index in [0.29, 0.717) is 42.1 Å². The Morgan fingerprint density at radius 1 is 0.773 bits per heavy atom. The molecule has 0 aromatic heterocycles. The predicted molar refractivity (Wildman–Crippen MR) is 160 cm³/mol. The second-order valence-electron chi connectivity index (χ2n) is 11.9. The molecule has 2 unspecified atom stereocenters. The average molecular weight is 650 g/mol. The van der Waals surface area contributed by atoms with Gasteiger partial charge in [0.05, 0.1) is 21.2 Å². The zero-order valence-electron chi connectivity index (χ0n) is 23.4. The fourth-order valence-electron chi connectivity index (χ4n) is 7.26. The maximum atomic E-state index is 13.6. The van der Waals surface area contributed by atoms with E-state index >= 15 is 0 Å². The minimum Gasteiger partial charge on any atom is -0.396 e. The van der Waals surface area contributed by atoms with Crippen LogP contribution in [0.5, 0.6) is 0 Å². The molecular formula is C35H28Cl2F6O. The molecule has 230 valence electrons. The fraction of sp³-hybridized carbons (Fsp3) is 0.314. The molecule has 0 spiro atoms. The molecule has 9 heteroatoms. The molecule has 4 aromatic carbocycles. The van der Waals surface area contributed by atoms with Crippen LogP contribution in [0.1, 0.15) is 57.3 Å². The zero-order valence-corrected chi connectivity index (χ0v) is 24.9. The molecule has 4 aromatic rings. The number of rotatable bonds is 5. The number of halogens is 8. The smallest absolute Gasteiger partial charge is 0.396 e. The summed E-state index contributed by atoms with van der Waals surface area (Å²) in [4.78, 5) is 0. The van der Waals surface area contributed by atoms with Gasteiger partial charge in [-0.1, -0.05) is 65.7 Å². The van der Waals surface area contributed by atoms with Crippen LogP contribution in [0, 0.1) is 5.92 Å². The van der Waals surface area contributed by atoms with E-state index in [1.165, 1.54) is 0 Å². The van der Waals surface area contributed by atoms with Crippen molar-refractivity contribution in [3.63, 3.8) is 0 Å². The van der Waals surface area contributed by atoms with E-state index in [1.54, 1.807) is 6.07 Å². The van der Waals surface area contributed by atoms with Crippen molar-refractivity contribution in [2.45, 2.75) is 56.3 Å². The van der Waals surface area contributed by atoms with Gasteiger partial charge in [0.1, 0.15) is 0 Å². The molecule has 44 heavy (non-hydrogen) atoms. The summed E-state index contributed by atoms with van der Waals surface area (Å²) in [5.74, 6) is -0.184. The number of benzene rings is 4. The highest BCUT2D eigenvalue weighted by Gasteiger charge is 2.43. The highest BCUT2D eigenvalue weighted by atomic mass is 35.5. The molecule has 0 heterocycles. The molecule has 0 bridgehead atoms. The normalized spacial score (nSPS) is 19.7. The minimum absolute atomic E-state index is 0.0156. The molecule has 0 fully saturated rings. The van der Waals surface area contributed by atoms with Gasteiger partial charge in [0.2, 0.25) is 0 Å². The van der Waals surface area contributed by atoms with E-state index in [-0.39, 0.29) is 30.6 Å². The largest absolute Gasteiger partial charge is 0.416 e. The van der Waals surface area contributed by atoms with Gasteiger partial charge in [0.25, 0.3) is 0 Å². The summed E-state index contributed by atoms with van der Waals surface area (Å²) in [6.07, 6.45) is -7.01. The summed E-state index contributed by atoms with van der Waals surface area (Å²) in [6, 6.07) is 19.6. The number of aryl methyl sites for hydroxylation is 1. The molecular weight excluding hydrogens is 621 g/mol. The van der Waals surface area contributed by atoms with Crippen LogP contribution < -0.4 is 0 Å². The molecule has 0 amide bonds. The Morgan fingerprint density at radius 3 is 2.14 bits per heavy atom. The van der Waals surface area contributed by atoms with Gasteiger partial charge in [-0.25, -0.2) is 0 Å². The quantitative estimate of drug-likeness (QED) is 0.214. The van der Waals surface area contributed by atoms with Gasteiger partial charge < -0.3 is 5.11 Å². The van der Waals surface area contributed by atoms with Crippen molar-refractivity contribution in [2.75, 3.05) is 6.61 Å². The number of fused-ring (bicyclic) bond motifs is 5. The lowest BCUT2D eigenvalue weighted by atomic mass is 9.59. The SMILES string of the molecule is OCCC1(c2ccc(Cl)c(Cl)c2)Cc2ccccc2-c2ccc3c(c21)CC(Cc1cc(C(F)(F)F)cc(C(F)(F)F)c1)CC3. The fourth-order valence-corrected chi connectivity index (χ4v) is 7.56. The van der Waals surface area contributed by atoms with Gasteiger partial charge >= 0.3 is 12.4 Å². The lowest BCUT2D eigenvalue weighted by Gasteiger charge is -2.44. The molecule has 1 nitrogen and oxygen atoms in total. The second kappa shape index (κ2) is 11.4. The van der Waals surface area contributed by atoms with Gasteiger partial charge in [-0.15, -0.1) is 0 Å². The monoisotopic (exact) mass is 648 g/mol. The number of hydrogen-bond donors (Lipinski definition) is 1. The van der Waals surface area contributed by atoms with Gasteiger partial charge in [-0.05, 0) is 119 Å². The molecule has 2 atom stereocenters. The molecule has 1 N–H and O–H groups in total. The summed E-state index contributed by atoms with van der Waals surface area (Å²) in [6.45, 7) is -0.112. The van der Waals surface area contributed by atoms with Crippen molar-refractivity contribution in [1.82, 2.24) is 0 Å². The van der Waals surface area contributed by atoms with Crippen LogP contribution in [0.3, 0.4) is 0 Å². The molecule has 6 rings (SSSR count). The Labute approximate surface area is 261 Å². The third-order valence-corrected chi connectivity index (χ3v) is 9.92. The van der Waals surface area contributed by atoms with Crippen LogP contribution in [0.2, 0.25) is 10.0 Å². The maximum absolute atomic E-state index is 13.6. The van der Waals surface area contributed by atoms with Gasteiger partial charge in [0, 0.05) is 12.0 Å². The van der Waals surface area contributed by atoms with Crippen molar-refractivity contribution >= 4 is 23.2 Å². The Bertz CT molecular complexity index is 1700. The van der Waals surface area contributed by atoms with Gasteiger partial charge in [-0.2, -0.15) is 26.3 Å². The highest BCUT2D eigenvalue weighted by molar-refractivity contribution is 6.42. The first-order valence-electron chi connectivity index (χ1n) is 14.4. The number of alkyl halides is 6. The van der Waals surface area contributed by atoms with Gasteiger partial charge in [-0.3, -0.25) is 0 Å². The van der Waals surface area contributed by atoms with E-state index in [2.05, 4.69) is 24.3 Å². The summed E-state index contributed by atoms with van der Waals surface area (Å²) >= 11 is 12.8. The Kier molecular flexibility index (Phi) is 8.04. The predicted octanol–water partition coefficient (Wildman–Crippen LogP) is 10.3. The van der Waals surface area contributed by atoms with Crippen LogP contribution in [0.25, 0.3) is 11.1 Å². The summed E-state index contributed by atoms with van der Waals surface area (Å²) in [5.41, 5.74) is 3.97. The van der Waals surface area contributed by atoms with Crippen molar-refractivity contribution in [3.05, 3.63) is 127 Å². The van der Waals surface area contributed by atoms with Crippen LogP contribution in [-0.4, -0.2) is 11.7 Å². The van der Waals surface area contributed by atoms with Crippen molar-refractivity contribution in [3.8, 4) is 11.1 Å². The van der Waals surface area contributed by atoms with Gasteiger partial charge in [0.15, 0.2) is 0 Å². The molecule has 0 radical (unpaired) electrons. The van der Waals surface area contributed by atoms with E-state index in [1.807, 2.05) is 24.3 Å². The third-order valence-electron chi connectivity index (χ3n) is 9.19. The van der Waals surface area contributed by atoms with Crippen LogP contribution in [0.4, 0.5) is 26.3 Å².